The molecule has 0 bridgehead atoms. The van der Waals surface area contributed by atoms with E-state index in [1.807, 2.05) is 56.3 Å². The number of fused-ring (bicyclic) bond motifs is 2. The zero-order valence-electron chi connectivity index (χ0n) is 16.3. The van der Waals surface area contributed by atoms with Crippen LogP contribution in [0.4, 0.5) is 0 Å². The van der Waals surface area contributed by atoms with Gasteiger partial charge in [0.25, 0.3) is 0 Å². The van der Waals surface area contributed by atoms with Crippen LogP contribution in [0.1, 0.15) is 34.1 Å². The number of hydrogen-bond acceptors (Lipinski definition) is 5. The summed E-state index contributed by atoms with van der Waals surface area (Å²) in [6.07, 6.45) is 0. The summed E-state index contributed by atoms with van der Waals surface area (Å²) in [6.45, 7) is 6.84. The molecule has 5 nitrogen and oxygen atoms in total. The Morgan fingerprint density at radius 1 is 1.18 bits per heavy atom. The minimum Gasteiger partial charge on any atom is -0.492 e. The van der Waals surface area contributed by atoms with Crippen LogP contribution < -0.4 is 4.74 Å². The number of esters is 1. The van der Waals surface area contributed by atoms with Crippen molar-refractivity contribution in [2.75, 3.05) is 19.8 Å². The van der Waals surface area contributed by atoms with Crippen LogP contribution in [-0.4, -0.2) is 35.6 Å². The van der Waals surface area contributed by atoms with Gasteiger partial charge in [-0.3, -0.25) is 9.88 Å². The van der Waals surface area contributed by atoms with Crippen molar-refractivity contribution in [1.29, 1.82) is 0 Å². The van der Waals surface area contributed by atoms with Crippen molar-refractivity contribution in [2.45, 2.75) is 26.9 Å². The molecular formula is C23H24N2O3. The van der Waals surface area contributed by atoms with Crippen LogP contribution >= 0.6 is 0 Å². The van der Waals surface area contributed by atoms with Crippen LogP contribution in [0, 0.1) is 6.92 Å². The van der Waals surface area contributed by atoms with E-state index in [0.717, 1.165) is 46.6 Å². The third-order valence-corrected chi connectivity index (χ3v) is 5.11. The minimum absolute atomic E-state index is 0.306. The summed E-state index contributed by atoms with van der Waals surface area (Å²) in [5, 5.41) is 0.985. The average molecular weight is 376 g/mol. The van der Waals surface area contributed by atoms with Crippen molar-refractivity contribution in [3.63, 3.8) is 0 Å². The predicted octanol–water partition coefficient (Wildman–Crippen LogP) is 4.11. The number of para-hydroxylation sites is 2. The average Bonchev–Trinajstić information content (AvgIpc) is 2.90. The molecule has 0 saturated carbocycles. The van der Waals surface area contributed by atoms with E-state index in [1.165, 1.54) is 0 Å². The zero-order chi connectivity index (χ0) is 19.5. The zero-order valence-corrected chi connectivity index (χ0v) is 16.3. The SMILES string of the molecule is CCOC(=O)c1c(CN2CCOc3ccccc3C2)nc2ccccc2c1C. The van der Waals surface area contributed by atoms with Crippen molar-refractivity contribution in [3.8, 4) is 5.75 Å². The van der Waals surface area contributed by atoms with E-state index >= 15 is 0 Å². The lowest BCUT2D eigenvalue weighted by molar-refractivity contribution is 0.0522. The number of ether oxygens (including phenoxy) is 2. The monoisotopic (exact) mass is 376 g/mol. The number of aromatic nitrogens is 1. The van der Waals surface area contributed by atoms with Gasteiger partial charge in [0.2, 0.25) is 0 Å². The summed E-state index contributed by atoms with van der Waals surface area (Å²) >= 11 is 0. The molecule has 1 aliphatic rings. The van der Waals surface area contributed by atoms with Crippen LogP contribution in [0.3, 0.4) is 0 Å². The molecule has 1 aliphatic heterocycles. The number of aryl methyl sites for hydroxylation is 1. The Bertz CT molecular complexity index is 1020. The Kier molecular flexibility index (Phi) is 5.26. The van der Waals surface area contributed by atoms with Gasteiger partial charge in [0.05, 0.1) is 23.4 Å². The highest BCUT2D eigenvalue weighted by molar-refractivity contribution is 5.98. The number of pyridine rings is 1. The molecule has 4 rings (SSSR count). The summed E-state index contributed by atoms with van der Waals surface area (Å²) < 4.78 is 11.2. The third-order valence-electron chi connectivity index (χ3n) is 5.11. The van der Waals surface area contributed by atoms with Crippen molar-refractivity contribution >= 4 is 16.9 Å². The first kappa shape index (κ1) is 18.4. The largest absolute Gasteiger partial charge is 0.492 e. The number of nitrogens with zero attached hydrogens (tertiary/aromatic N) is 2. The molecule has 0 radical (unpaired) electrons. The first-order valence-electron chi connectivity index (χ1n) is 9.65. The Morgan fingerprint density at radius 2 is 1.96 bits per heavy atom. The molecule has 2 aromatic carbocycles. The summed E-state index contributed by atoms with van der Waals surface area (Å²) in [5.41, 5.74) is 4.31. The molecule has 3 aromatic rings. The second kappa shape index (κ2) is 7.98. The molecule has 1 aromatic heterocycles. The van der Waals surface area contributed by atoms with Gasteiger partial charge in [-0.15, -0.1) is 0 Å². The maximum absolute atomic E-state index is 12.7. The molecule has 144 valence electrons. The van der Waals surface area contributed by atoms with E-state index in [1.54, 1.807) is 0 Å². The summed E-state index contributed by atoms with van der Waals surface area (Å²) in [6, 6.07) is 16.0. The predicted molar refractivity (Wildman–Crippen MR) is 108 cm³/mol. The number of carbonyl (C=O) groups excluding carboxylic acids is 1. The first-order valence-corrected chi connectivity index (χ1v) is 9.65. The summed E-state index contributed by atoms with van der Waals surface area (Å²) in [7, 11) is 0. The first-order chi connectivity index (χ1) is 13.7. The van der Waals surface area contributed by atoms with E-state index < -0.39 is 0 Å². The Hall–Kier alpha value is -2.92. The van der Waals surface area contributed by atoms with Gasteiger partial charge in [-0.05, 0) is 31.5 Å². The van der Waals surface area contributed by atoms with E-state index in [-0.39, 0.29) is 5.97 Å². The smallest absolute Gasteiger partial charge is 0.340 e. The number of carbonyl (C=O) groups is 1. The van der Waals surface area contributed by atoms with Gasteiger partial charge in [0, 0.05) is 30.6 Å². The fourth-order valence-corrected chi connectivity index (χ4v) is 3.76. The van der Waals surface area contributed by atoms with Gasteiger partial charge in [0.1, 0.15) is 12.4 Å². The molecule has 0 amide bonds. The summed E-state index contributed by atoms with van der Waals surface area (Å²) in [5.74, 6) is 0.623. The molecule has 0 saturated heterocycles. The number of benzene rings is 2. The highest BCUT2D eigenvalue weighted by atomic mass is 16.5. The fourth-order valence-electron chi connectivity index (χ4n) is 3.76. The van der Waals surface area contributed by atoms with Gasteiger partial charge in [-0.1, -0.05) is 36.4 Å². The molecular weight excluding hydrogens is 352 g/mol. The molecule has 0 fully saturated rings. The maximum atomic E-state index is 12.7. The van der Waals surface area contributed by atoms with Crippen molar-refractivity contribution < 1.29 is 14.3 Å². The highest BCUT2D eigenvalue weighted by Crippen LogP contribution is 2.27. The lowest BCUT2D eigenvalue weighted by atomic mass is 10.0. The van der Waals surface area contributed by atoms with E-state index in [9.17, 15) is 4.79 Å². The van der Waals surface area contributed by atoms with Crippen LogP contribution in [0.2, 0.25) is 0 Å². The van der Waals surface area contributed by atoms with Gasteiger partial charge >= 0.3 is 5.97 Å². The number of hydrogen-bond donors (Lipinski definition) is 0. The van der Waals surface area contributed by atoms with Gasteiger partial charge in [0.15, 0.2) is 0 Å². The van der Waals surface area contributed by atoms with Crippen LogP contribution in [0.25, 0.3) is 10.9 Å². The second-order valence-electron chi connectivity index (χ2n) is 6.96. The lowest BCUT2D eigenvalue weighted by Crippen LogP contribution is -2.27. The van der Waals surface area contributed by atoms with Crippen LogP contribution in [0.5, 0.6) is 5.75 Å². The minimum atomic E-state index is -0.306. The Morgan fingerprint density at radius 3 is 2.82 bits per heavy atom. The second-order valence-corrected chi connectivity index (χ2v) is 6.96. The van der Waals surface area contributed by atoms with Gasteiger partial charge < -0.3 is 9.47 Å². The van der Waals surface area contributed by atoms with E-state index in [0.29, 0.717) is 25.3 Å². The van der Waals surface area contributed by atoms with E-state index in [2.05, 4.69) is 11.0 Å². The standard InChI is InChI=1S/C23H24N2O3/c1-3-27-23(26)22-16(2)18-9-5-6-10-19(18)24-20(22)15-25-12-13-28-21-11-7-4-8-17(21)14-25/h4-11H,3,12-15H2,1-2H3. The highest BCUT2D eigenvalue weighted by Gasteiger charge is 2.23. The normalized spacial score (nSPS) is 14.2. The molecule has 28 heavy (non-hydrogen) atoms. The molecule has 2 heterocycles. The quantitative estimate of drug-likeness (QED) is 0.641. The molecule has 0 unspecified atom stereocenters. The molecule has 0 spiro atoms. The molecule has 5 heteroatoms. The van der Waals surface area contributed by atoms with Crippen molar-refractivity contribution in [3.05, 3.63) is 70.9 Å². The van der Waals surface area contributed by atoms with Gasteiger partial charge in [-0.25, -0.2) is 4.79 Å². The van der Waals surface area contributed by atoms with Crippen LogP contribution in [-0.2, 0) is 17.8 Å². The fraction of sp³-hybridized carbons (Fsp3) is 0.304. The summed E-state index contributed by atoms with van der Waals surface area (Å²) in [4.78, 5) is 19.8. The van der Waals surface area contributed by atoms with Crippen molar-refractivity contribution in [2.24, 2.45) is 0 Å². The lowest BCUT2D eigenvalue weighted by Gasteiger charge is -2.21. The topological polar surface area (TPSA) is 51.7 Å². The molecule has 0 N–H and O–H groups in total. The van der Waals surface area contributed by atoms with E-state index in [4.69, 9.17) is 14.5 Å². The number of rotatable bonds is 4. The maximum Gasteiger partial charge on any atom is 0.340 e. The van der Waals surface area contributed by atoms with Crippen molar-refractivity contribution in [1.82, 2.24) is 9.88 Å². The Labute approximate surface area is 164 Å². The molecule has 0 atom stereocenters. The Balaban J connectivity index is 1.73. The van der Waals surface area contributed by atoms with Gasteiger partial charge in [-0.2, -0.15) is 0 Å². The third kappa shape index (κ3) is 3.58. The molecule has 0 aliphatic carbocycles. The van der Waals surface area contributed by atoms with Crippen LogP contribution in [0.15, 0.2) is 48.5 Å².